The number of carboxylic acid groups (broad SMARTS) is 1. The van der Waals surface area contributed by atoms with E-state index < -0.39 is 30.6 Å². The molecule has 0 fully saturated rings. The summed E-state index contributed by atoms with van der Waals surface area (Å²) in [6.07, 6.45) is -5.85. The van der Waals surface area contributed by atoms with Crippen LogP contribution in [0.25, 0.3) is 0 Å². The number of hydrogen-bond acceptors (Lipinski definition) is 3. The van der Waals surface area contributed by atoms with E-state index in [0.29, 0.717) is 12.2 Å². The molecule has 0 aliphatic carbocycles. The third-order valence-corrected chi connectivity index (χ3v) is 1.37. The average Bonchev–Trinajstić information content (AvgIpc) is 2.12. The average molecular weight is 238 g/mol. The maximum atomic E-state index is 12.2. The van der Waals surface area contributed by atoms with Crippen molar-refractivity contribution in [3.05, 3.63) is 24.8 Å². The summed E-state index contributed by atoms with van der Waals surface area (Å²) in [5.41, 5.74) is 0. The highest BCUT2D eigenvalue weighted by Gasteiger charge is 2.41. The normalized spacial score (nSPS) is 13.4. The largest absolute Gasteiger partial charge is 0.478 e. The number of aliphatic carboxylic acids is 1. The van der Waals surface area contributed by atoms with Gasteiger partial charge in [-0.2, -0.15) is 13.2 Å². The molecule has 7 heteroatoms. The lowest BCUT2D eigenvalue weighted by atomic mass is 10.2. The van der Waals surface area contributed by atoms with E-state index in [-0.39, 0.29) is 0 Å². The van der Waals surface area contributed by atoms with Crippen molar-refractivity contribution >= 4 is 11.9 Å². The number of carbonyl (C=O) groups is 2. The van der Waals surface area contributed by atoms with Crippen molar-refractivity contribution in [3.8, 4) is 0 Å². The fourth-order valence-corrected chi connectivity index (χ4v) is 0.719. The van der Waals surface area contributed by atoms with Crippen LogP contribution in [0.15, 0.2) is 24.8 Å². The number of hydrogen-bond donors (Lipinski definition) is 1. The minimum Gasteiger partial charge on any atom is -0.478 e. The van der Waals surface area contributed by atoms with E-state index in [1.165, 1.54) is 0 Å². The predicted octanol–water partition coefficient (Wildman–Crippen LogP) is 1.68. The fourth-order valence-electron chi connectivity index (χ4n) is 0.719. The van der Waals surface area contributed by atoms with Crippen LogP contribution in [-0.2, 0) is 14.3 Å². The summed E-state index contributed by atoms with van der Waals surface area (Å²) in [5, 5.41) is 8.13. The molecule has 0 aromatic carbocycles. The molecule has 0 amide bonds. The third-order valence-electron chi connectivity index (χ3n) is 1.37. The number of carbonyl (C=O) groups excluding carboxylic acids is 1. The second-order valence-electron chi connectivity index (χ2n) is 2.66. The zero-order valence-electron chi connectivity index (χ0n) is 8.03. The molecule has 90 valence electrons. The number of esters is 1. The maximum Gasteiger partial charge on any atom is 0.425 e. The molecular formula is C9H9F3O4. The molecule has 0 aromatic heterocycles. The summed E-state index contributed by atoms with van der Waals surface area (Å²) < 4.78 is 40.6. The van der Waals surface area contributed by atoms with Gasteiger partial charge in [-0.1, -0.05) is 6.08 Å². The van der Waals surface area contributed by atoms with Crippen molar-refractivity contribution in [2.24, 2.45) is 0 Å². The van der Waals surface area contributed by atoms with Gasteiger partial charge < -0.3 is 9.84 Å². The lowest BCUT2D eigenvalue weighted by Crippen LogP contribution is -2.32. The summed E-state index contributed by atoms with van der Waals surface area (Å²) in [5.74, 6) is -2.82. The Balaban J connectivity index is 4.46. The molecule has 0 heterocycles. The minimum atomic E-state index is -4.71. The summed E-state index contributed by atoms with van der Waals surface area (Å²) in [6, 6.07) is 0. The number of carboxylic acids is 1. The van der Waals surface area contributed by atoms with E-state index in [4.69, 9.17) is 5.11 Å². The number of alkyl halides is 3. The Hall–Kier alpha value is -1.79. The SMILES string of the molecule is C=CCC(OC(=O)C=CC(=O)O)C(F)(F)F. The Morgan fingerprint density at radius 2 is 1.94 bits per heavy atom. The summed E-state index contributed by atoms with van der Waals surface area (Å²) in [6.45, 7) is 3.09. The summed E-state index contributed by atoms with van der Waals surface area (Å²) >= 11 is 0. The Morgan fingerprint density at radius 3 is 2.31 bits per heavy atom. The summed E-state index contributed by atoms with van der Waals surface area (Å²) in [4.78, 5) is 20.8. The van der Waals surface area contributed by atoms with Crippen LogP contribution in [0.1, 0.15) is 6.42 Å². The zero-order valence-corrected chi connectivity index (χ0v) is 8.03. The molecule has 4 nitrogen and oxygen atoms in total. The second-order valence-corrected chi connectivity index (χ2v) is 2.66. The van der Waals surface area contributed by atoms with Crippen molar-refractivity contribution < 1.29 is 32.6 Å². The highest BCUT2D eigenvalue weighted by atomic mass is 19.4. The Morgan fingerprint density at radius 1 is 1.38 bits per heavy atom. The smallest absolute Gasteiger partial charge is 0.425 e. The first-order chi connectivity index (χ1) is 7.27. The molecule has 0 saturated carbocycles. The van der Waals surface area contributed by atoms with Gasteiger partial charge in [-0.15, -0.1) is 6.58 Å². The molecule has 0 aromatic rings. The van der Waals surface area contributed by atoms with Gasteiger partial charge in [0.1, 0.15) is 0 Å². The second kappa shape index (κ2) is 5.94. The Bertz CT molecular complexity index is 306. The van der Waals surface area contributed by atoms with E-state index in [1.807, 2.05) is 0 Å². The molecule has 0 bridgehead atoms. The van der Waals surface area contributed by atoms with Gasteiger partial charge in [0.2, 0.25) is 6.10 Å². The first kappa shape index (κ1) is 14.2. The monoisotopic (exact) mass is 238 g/mol. The van der Waals surface area contributed by atoms with Crippen molar-refractivity contribution in [1.82, 2.24) is 0 Å². The van der Waals surface area contributed by atoms with Crippen molar-refractivity contribution in [2.45, 2.75) is 18.7 Å². The van der Waals surface area contributed by atoms with Gasteiger partial charge in [0.25, 0.3) is 0 Å². The quantitative estimate of drug-likeness (QED) is 0.449. The van der Waals surface area contributed by atoms with E-state index in [2.05, 4.69) is 11.3 Å². The number of rotatable bonds is 5. The van der Waals surface area contributed by atoms with Crippen LogP contribution < -0.4 is 0 Å². The lowest BCUT2D eigenvalue weighted by Gasteiger charge is -2.18. The van der Waals surface area contributed by atoms with Crippen LogP contribution in [0.3, 0.4) is 0 Å². The van der Waals surface area contributed by atoms with Gasteiger partial charge in [0.05, 0.1) is 0 Å². The molecule has 0 saturated heterocycles. The number of halogens is 3. The molecule has 0 spiro atoms. The van der Waals surface area contributed by atoms with Gasteiger partial charge in [0.15, 0.2) is 0 Å². The minimum absolute atomic E-state index is 0.393. The Labute approximate surface area is 89.0 Å². The topological polar surface area (TPSA) is 63.6 Å². The van der Waals surface area contributed by atoms with Gasteiger partial charge in [-0.3, -0.25) is 0 Å². The van der Waals surface area contributed by atoms with Gasteiger partial charge in [0, 0.05) is 18.6 Å². The molecular weight excluding hydrogens is 229 g/mol. The molecule has 16 heavy (non-hydrogen) atoms. The van der Waals surface area contributed by atoms with Crippen LogP contribution in [0.4, 0.5) is 13.2 Å². The lowest BCUT2D eigenvalue weighted by molar-refractivity contribution is -0.217. The molecule has 1 N–H and O–H groups in total. The van der Waals surface area contributed by atoms with Gasteiger partial charge >= 0.3 is 18.1 Å². The molecule has 0 aliphatic heterocycles. The van der Waals surface area contributed by atoms with Crippen LogP contribution in [0.5, 0.6) is 0 Å². The highest BCUT2D eigenvalue weighted by Crippen LogP contribution is 2.25. The van der Waals surface area contributed by atoms with Gasteiger partial charge in [-0.05, 0) is 0 Å². The van der Waals surface area contributed by atoms with E-state index in [0.717, 1.165) is 6.08 Å². The first-order valence-electron chi connectivity index (χ1n) is 4.06. The summed E-state index contributed by atoms with van der Waals surface area (Å²) in [7, 11) is 0. The van der Waals surface area contributed by atoms with Crippen LogP contribution in [-0.4, -0.2) is 29.3 Å². The van der Waals surface area contributed by atoms with E-state index >= 15 is 0 Å². The van der Waals surface area contributed by atoms with Crippen LogP contribution in [0.2, 0.25) is 0 Å². The maximum absolute atomic E-state index is 12.2. The standard InChI is InChI=1S/C9H9F3O4/c1-2-3-6(9(10,11)12)16-8(15)5-4-7(13)14/h2,4-6H,1,3H2,(H,13,14). The van der Waals surface area contributed by atoms with Crippen molar-refractivity contribution in [2.75, 3.05) is 0 Å². The number of ether oxygens (including phenoxy) is 1. The van der Waals surface area contributed by atoms with Crippen molar-refractivity contribution in [1.29, 1.82) is 0 Å². The van der Waals surface area contributed by atoms with E-state index in [9.17, 15) is 22.8 Å². The van der Waals surface area contributed by atoms with Gasteiger partial charge in [-0.25, -0.2) is 9.59 Å². The molecule has 1 unspecified atom stereocenters. The molecule has 1 atom stereocenters. The van der Waals surface area contributed by atoms with Crippen LogP contribution in [0, 0.1) is 0 Å². The molecule has 0 radical (unpaired) electrons. The van der Waals surface area contributed by atoms with E-state index in [1.54, 1.807) is 0 Å². The molecule has 0 aliphatic rings. The Kier molecular flexibility index (Phi) is 5.27. The van der Waals surface area contributed by atoms with Crippen LogP contribution >= 0.6 is 0 Å². The molecule has 0 rings (SSSR count). The highest BCUT2D eigenvalue weighted by molar-refractivity contribution is 5.90. The first-order valence-corrected chi connectivity index (χ1v) is 4.06. The third kappa shape index (κ3) is 5.84. The van der Waals surface area contributed by atoms with Crippen molar-refractivity contribution in [3.63, 3.8) is 0 Å². The predicted molar refractivity (Wildman–Crippen MR) is 47.5 cm³/mol. The zero-order chi connectivity index (χ0) is 12.8. The fraction of sp³-hybridized carbons (Fsp3) is 0.333.